The number of aliphatic hydroxyl groups excluding tert-OH is 10. The van der Waals surface area contributed by atoms with E-state index < -0.39 is 322 Å². The van der Waals surface area contributed by atoms with Gasteiger partial charge in [0.15, 0.2) is 43.2 Å². The number of carboxylic acid groups (broad SMARTS) is 2. The van der Waals surface area contributed by atoms with Crippen LogP contribution in [-0.4, -0.2) is 409 Å². The van der Waals surface area contributed by atoms with E-state index in [4.69, 9.17) is 66.3 Å². The van der Waals surface area contributed by atoms with Gasteiger partial charge < -0.3 is 175 Å². The third-order valence-electron chi connectivity index (χ3n) is 26.7. The van der Waals surface area contributed by atoms with Gasteiger partial charge in [-0.25, -0.2) is 19.2 Å². The molecule has 0 bridgehead atoms. The lowest BCUT2D eigenvalue weighted by Crippen LogP contribution is -2.68. The number of Topliss-reactive ketones (excluding diaryl/α,β-unsaturated/α-hetero) is 3. The van der Waals surface area contributed by atoms with Crippen molar-refractivity contribution >= 4 is 70.6 Å². The molecular formula is C91H139N11O42. The monoisotopic (exact) mass is 2060 g/mol. The van der Waals surface area contributed by atoms with Gasteiger partial charge in [0, 0.05) is 76.6 Å². The van der Waals surface area contributed by atoms with Crippen LogP contribution in [0, 0.1) is 23.7 Å². The van der Waals surface area contributed by atoms with Crippen molar-refractivity contribution in [2.75, 3.05) is 85.7 Å². The molecule has 0 radical (unpaired) electrons. The van der Waals surface area contributed by atoms with Crippen LogP contribution in [-0.2, 0) is 114 Å². The quantitative estimate of drug-likeness (QED) is 0.0274. The van der Waals surface area contributed by atoms with Gasteiger partial charge >= 0.3 is 23.3 Å². The van der Waals surface area contributed by atoms with E-state index in [1.807, 2.05) is 9.97 Å². The third-order valence-corrected chi connectivity index (χ3v) is 26.7. The first-order chi connectivity index (χ1) is 68.7. The molecule has 2 aromatic rings. The molecule has 7 amide bonds. The first-order valence-electron chi connectivity index (χ1n) is 48.9. The molecule has 2 aromatic heterocycles. The highest BCUT2D eigenvalue weighted by molar-refractivity contribution is 5.93. The zero-order valence-corrected chi connectivity index (χ0v) is 80.5. The van der Waals surface area contributed by atoms with Crippen LogP contribution in [0.3, 0.4) is 0 Å². The van der Waals surface area contributed by atoms with E-state index in [1.165, 1.54) is 27.7 Å². The van der Waals surface area contributed by atoms with Gasteiger partial charge in [-0.3, -0.25) is 67.5 Å². The number of H-pyrrole nitrogens is 4. The highest BCUT2D eigenvalue weighted by atomic mass is 16.8. The third kappa shape index (κ3) is 34.6. The van der Waals surface area contributed by atoms with Crippen molar-refractivity contribution in [1.82, 2.24) is 57.2 Å². The Balaban J connectivity index is 0.750. The molecule has 12 unspecified atom stereocenters. The summed E-state index contributed by atoms with van der Waals surface area (Å²) in [6, 6.07) is -5.03. The predicted molar refractivity (Wildman–Crippen MR) is 486 cm³/mol. The molecular weight excluding hydrogens is 1920 g/mol. The fourth-order valence-electron chi connectivity index (χ4n) is 19.1. The average molecular weight is 2060 g/mol. The van der Waals surface area contributed by atoms with Crippen LogP contribution in [0.5, 0.6) is 0 Å². The number of amides is 7. The normalized spacial score (nSPS) is 31.6. The summed E-state index contributed by atoms with van der Waals surface area (Å²) >= 11 is 0. The minimum absolute atomic E-state index is 0.0268. The summed E-state index contributed by atoms with van der Waals surface area (Å²) in [5.41, 5.74) is -5.28. The molecule has 53 nitrogen and oxygen atoms in total. The zero-order chi connectivity index (χ0) is 105. The van der Waals surface area contributed by atoms with Crippen LogP contribution in [0.2, 0.25) is 0 Å². The first-order valence-corrected chi connectivity index (χ1v) is 48.9. The second kappa shape index (κ2) is 57.3. The average Bonchev–Trinajstić information content (AvgIpc) is 0.771. The van der Waals surface area contributed by atoms with Crippen molar-refractivity contribution in [3.8, 4) is 0 Å². The summed E-state index contributed by atoms with van der Waals surface area (Å²) < 4.78 is 85.2. The van der Waals surface area contributed by atoms with E-state index in [9.17, 15) is 138 Å². The van der Waals surface area contributed by atoms with Gasteiger partial charge in [0.25, 0.3) is 22.9 Å². The lowest BCUT2D eigenvalue weighted by Gasteiger charge is -2.49. The molecule has 4 saturated carbocycles. The summed E-state index contributed by atoms with van der Waals surface area (Å²) in [4.78, 5) is 221. The molecule has 4 aliphatic heterocycles. The number of aliphatic carboxylic acids is 2. The fourth-order valence-corrected chi connectivity index (χ4v) is 19.1. The van der Waals surface area contributed by atoms with E-state index >= 15 is 0 Å². The van der Waals surface area contributed by atoms with E-state index in [2.05, 4.69) is 47.2 Å². The standard InChI is InChI=1S/C91H139N11O42/c1-42-70(115)74(119)76(121)88(135-42)143-78-51(95-82(123)53-35-64(111)101-90(129)97-53)31-48(55(108)17-11-21-92-44(3)105)33-57(78)139-86-68(80(72(117)61(38-103)141-86)137-59(84(125)126)29-46-13-7-5-8-14-46)99-63(110)20-19-50(107)40-133-27-25-131-23-24-132-26-28-134-41-67(114)94-37-66(113)100-69-81(138-60(85(127)128)30-47-15-9-6-10-16-47)73(118)62(39-104)142-87(69)140-58-34-49(56(109)18-12-22-93-45(4)106)32-52(96-83(124)54-36-65(112)102-91(130)98-54)79(58)144-89-77(122)75(120)71(116)43(2)136-89/h35-36,42-43,46-49,51-52,57-62,68-81,86-89,103-104,115-122H,5-34,37-41H2,1-4H3,(H,92,105)(H,93,106)(H,94,114)(H,95,123)(H,96,124)(H,99,110)(H,100,113)(H,125,126)(H,127,128)(H2,97,101,111,129)(H2,98,102,112,130)/t42?,43?,48?,49?,51?,52?,57-,58-,59+,60+,61+,62+,68?,69?,70-,71-,72+,73+,74+,75+,76?,77?,78-,79-,80?,81?,86-,87-,88+,89+/m1/s1. The first kappa shape index (κ1) is 117. The van der Waals surface area contributed by atoms with Crippen LogP contribution in [0.25, 0.3) is 0 Å². The number of aromatic amines is 4. The number of aromatic nitrogens is 4. The lowest BCUT2D eigenvalue weighted by molar-refractivity contribution is -0.335. The maximum absolute atomic E-state index is 14.4. The molecule has 53 heteroatoms. The van der Waals surface area contributed by atoms with Gasteiger partial charge in [-0.05, 0) is 77.0 Å². The van der Waals surface area contributed by atoms with Gasteiger partial charge in [0.1, 0.15) is 134 Å². The molecule has 0 aromatic carbocycles. The Morgan fingerprint density at radius 2 is 0.812 bits per heavy atom. The zero-order valence-electron chi connectivity index (χ0n) is 80.5. The van der Waals surface area contributed by atoms with Gasteiger partial charge in [0.2, 0.25) is 29.5 Å². The second-order valence-corrected chi connectivity index (χ2v) is 37.6. The molecule has 10 rings (SSSR count). The van der Waals surface area contributed by atoms with Gasteiger partial charge in [0.05, 0.1) is 95.9 Å². The number of carbonyl (C=O) groups is 12. The summed E-state index contributed by atoms with van der Waals surface area (Å²) in [6.07, 6.45) is -37.3. The summed E-state index contributed by atoms with van der Waals surface area (Å²) in [5.74, 6) is -12.8. The van der Waals surface area contributed by atoms with Crippen LogP contribution >= 0.6 is 0 Å². The maximum Gasteiger partial charge on any atom is 0.332 e. The van der Waals surface area contributed by atoms with Crippen molar-refractivity contribution in [2.45, 2.75) is 340 Å². The Morgan fingerprint density at radius 1 is 0.417 bits per heavy atom. The molecule has 6 heterocycles. The van der Waals surface area contributed by atoms with Crippen molar-refractivity contribution in [1.29, 1.82) is 0 Å². The van der Waals surface area contributed by atoms with E-state index in [-0.39, 0.29) is 141 Å². The van der Waals surface area contributed by atoms with E-state index in [0.29, 0.717) is 25.7 Å². The van der Waals surface area contributed by atoms with E-state index in [0.717, 1.165) is 50.7 Å². The Kier molecular flexibility index (Phi) is 46.3. The summed E-state index contributed by atoms with van der Waals surface area (Å²) in [7, 11) is 0. The topological polar surface area (TPSA) is 792 Å². The Hall–Kier alpha value is -9.36. The molecule has 8 aliphatic rings. The minimum Gasteiger partial charge on any atom is -0.479 e. The summed E-state index contributed by atoms with van der Waals surface area (Å²) in [5, 5.41) is 151. The minimum atomic E-state index is -2.02. The van der Waals surface area contributed by atoms with Gasteiger partial charge in [-0.15, -0.1) is 0 Å². The Bertz CT molecular complexity index is 4440. The SMILES string of the molecule is CC(=O)NCCCC(=O)C1CC(NC(=O)c2cc(=O)[nH]c(=O)[nH]2)[C@@H](O[C@@H]2OC(C)[C@@H](O)[C@H](O)C2O)[C@H](O[C@@H]2O[C@@H](CO)[C@H](O)C(O[C@@H](CC3CCCCC3)C(=O)O)C2NC(=O)CCC(=O)COCCOCCOCCOCC(=O)NCC(=O)NC2C(O[C@@H](CC3CCCCC3)C(=O)O)[C@@H](O)[C@H](CO)O[C@H]2O[C@@H]2CC(C(=O)CCCNC(C)=O)CC(NC(=O)c3cc(=O)[nH]c(=O)[nH]3)[C@H]2O[C@@H]2OC(C)[C@@H](O)[C@H](O)C2O)C1. The van der Waals surface area contributed by atoms with Crippen LogP contribution in [0.15, 0.2) is 31.3 Å². The number of aliphatic hydroxyl groups is 10. The number of rotatable bonds is 54. The molecule has 8 fully saturated rings. The molecule has 0 spiro atoms. The van der Waals surface area contributed by atoms with E-state index in [1.54, 1.807) is 0 Å². The number of ketones is 3. The van der Waals surface area contributed by atoms with Crippen molar-refractivity contribution in [2.24, 2.45) is 23.7 Å². The van der Waals surface area contributed by atoms with Gasteiger partial charge in [-0.1, -0.05) is 64.2 Å². The van der Waals surface area contributed by atoms with Crippen LogP contribution in [0.4, 0.5) is 0 Å². The van der Waals surface area contributed by atoms with Gasteiger partial charge in [-0.2, -0.15) is 0 Å². The fraction of sp³-hybridized carbons (Fsp3) is 0.780. The van der Waals surface area contributed by atoms with Crippen molar-refractivity contribution in [3.63, 3.8) is 0 Å². The number of hydrogen-bond donors (Lipinski definition) is 23. The number of hydrogen-bond acceptors (Lipinski definition) is 40. The number of ether oxygens (including phenoxy) is 14. The molecule has 23 N–H and O–H groups in total. The molecule has 4 saturated heterocycles. The smallest absolute Gasteiger partial charge is 0.332 e. The molecule has 144 heavy (non-hydrogen) atoms. The number of nitrogens with one attached hydrogen (secondary N) is 11. The maximum atomic E-state index is 14.4. The highest BCUT2D eigenvalue weighted by Crippen LogP contribution is 2.42. The van der Waals surface area contributed by atoms with Crippen molar-refractivity contribution in [3.05, 3.63) is 65.2 Å². The van der Waals surface area contributed by atoms with Crippen LogP contribution < -0.4 is 59.7 Å². The highest BCUT2D eigenvalue weighted by Gasteiger charge is 2.57. The number of carbonyl (C=O) groups excluding carboxylic acids is 10. The second-order valence-electron chi connectivity index (χ2n) is 37.6. The summed E-state index contributed by atoms with van der Waals surface area (Å²) in [6.45, 7) is 0.749. The molecule has 4 aliphatic carbocycles. The Labute approximate surface area is 824 Å². The van der Waals surface area contributed by atoms with Crippen molar-refractivity contribution < 1.29 is 185 Å². The Morgan fingerprint density at radius 3 is 1.20 bits per heavy atom. The number of carboxylic acids is 2. The predicted octanol–water partition coefficient (Wildman–Crippen LogP) is -7.40. The largest absolute Gasteiger partial charge is 0.479 e. The lowest BCUT2D eigenvalue weighted by atomic mass is 9.78. The molecule has 30 atom stereocenters. The van der Waals surface area contributed by atoms with Crippen LogP contribution in [0.1, 0.15) is 190 Å². The molecule has 810 valence electrons.